The Balaban J connectivity index is 1.27. The number of ketones is 1. The summed E-state index contributed by atoms with van der Waals surface area (Å²) in [7, 11) is 3.85. The lowest BCUT2D eigenvalue weighted by Gasteiger charge is -2.32. The van der Waals surface area contributed by atoms with Crippen molar-refractivity contribution in [1.29, 1.82) is 0 Å². The maximum atomic E-state index is 13.6. The molecule has 0 radical (unpaired) electrons. The summed E-state index contributed by atoms with van der Waals surface area (Å²) in [4.78, 5) is 57.5. The summed E-state index contributed by atoms with van der Waals surface area (Å²) in [5.74, 6) is -0.836. The van der Waals surface area contributed by atoms with Gasteiger partial charge in [0.15, 0.2) is 5.78 Å². The summed E-state index contributed by atoms with van der Waals surface area (Å²) in [6, 6.07) is 14.7. The molecule has 1 amide bonds. The lowest BCUT2D eigenvalue weighted by Crippen LogP contribution is -2.43. The van der Waals surface area contributed by atoms with E-state index in [1.807, 2.05) is 49.3 Å². The average molecular weight is 637 g/mol. The Bertz CT molecular complexity index is 2010. The Labute approximate surface area is 271 Å². The van der Waals surface area contributed by atoms with Crippen LogP contribution in [-0.2, 0) is 45.9 Å². The van der Waals surface area contributed by atoms with Crippen molar-refractivity contribution in [3.05, 3.63) is 98.3 Å². The molecule has 0 saturated heterocycles. The van der Waals surface area contributed by atoms with Gasteiger partial charge in [0.1, 0.15) is 11.4 Å². The van der Waals surface area contributed by atoms with E-state index in [-0.39, 0.29) is 36.6 Å². The maximum absolute atomic E-state index is 13.6. The number of aromatic nitrogens is 2. The van der Waals surface area contributed by atoms with Crippen molar-refractivity contribution in [2.45, 2.75) is 57.7 Å². The fourth-order valence-corrected chi connectivity index (χ4v) is 6.47. The van der Waals surface area contributed by atoms with E-state index in [4.69, 9.17) is 14.9 Å². The first-order chi connectivity index (χ1) is 22.5. The molecular weight excluding hydrogens is 600 g/mol. The van der Waals surface area contributed by atoms with Gasteiger partial charge in [-0.1, -0.05) is 31.2 Å². The highest BCUT2D eigenvalue weighted by Gasteiger charge is 2.43. The molecule has 1 aliphatic carbocycles. The molecule has 11 heteroatoms. The molecule has 3 N–H and O–H groups in total. The fourth-order valence-electron chi connectivity index (χ4n) is 6.47. The third kappa shape index (κ3) is 6.00. The molecule has 2 aromatic carbocycles. The number of esters is 1. The molecule has 0 spiro atoms. The fraction of sp³-hybridized carbons (Fsp3) is 0.306. The van der Waals surface area contributed by atoms with Gasteiger partial charge in [-0.25, -0.2) is 10.5 Å². The lowest BCUT2D eigenvalue weighted by atomic mass is 9.77. The number of amides is 1. The zero-order valence-corrected chi connectivity index (χ0v) is 26.5. The molecule has 0 bridgehead atoms. The van der Waals surface area contributed by atoms with Crippen LogP contribution in [0.1, 0.15) is 59.6 Å². The van der Waals surface area contributed by atoms with E-state index >= 15 is 0 Å². The summed E-state index contributed by atoms with van der Waals surface area (Å²) in [5.41, 5.74) is 5.74. The predicted molar refractivity (Wildman–Crippen MR) is 175 cm³/mol. The molecule has 6 rings (SSSR count). The minimum absolute atomic E-state index is 0.133. The van der Waals surface area contributed by atoms with Crippen molar-refractivity contribution in [2.75, 3.05) is 14.1 Å². The van der Waals surface area contributed by atoms with E-state index in [1.165, 1.54) is 6.08 Å². The molecule has 0 fully saturated rings. The molecule has 1 atom stereocenters. The van der Waals surface area contributed by atoms with Crippen molar-refractivity contribution >= 4 is 34.6 Å². The minimum atomic E-state index is -1.68. The van der Waals surface area contributed by atoms with Crippen LogP contribution in [0.15, 0.2) is 59.4 Å². The number of hydrogen-bond donors (Lipinski definition) is 3. The van der Waals surface area contributed by atoms with Crippen LogP contribution in [-0.4, -0.2) is 56.5 Å². The van der Waals surface area contributed by atoms with Gasteiger partial charge < -0.3 is 19.3 Å². The van der Waals surface area contributed by atoms with Crippen molar-refractivity contribution < 1.29 is 29.4 Å². The highest BCUT2D eigenvalue weighted by molar-refractivity contribution is 5.92. The number of hydroxylamine groups is 1. The predicted octanol–water partition coefficient (Wildman–Crippen LogP) is 3.66. The Morgan fingerprint density at radius 2 is 1.87 bits per heavy atom. The highest BCUT2D eigenvalue weighted by Crippen LogP contribution is 2.40. The first-order valence-corrected chi connectivity index (χ1v) is 15.6. The van der Waals surface area contributed by atoms with Crippen LogP contribution in [0.4, 0.5) is 0 Å². The lowest BCUT2D eigenvalue weighted by molar-refractivity contribution is -0.140. The number of carbonyl (C=O) groups excluding carboxylic acids is 3. The second-order valence-corrected chi connectivity index (χ2v) is 12.3. The van der Waals surface area contributed by atoms with Crippen molar-refractivity contribution in [1.82, 2.24) is 19.9 Å². The molecule has 2 aliphatic rings. The van der Waals surface area contributed by atoms with E-state index in [0.29, 0.717) is 59.7 Å². The van der Waals surface area contributed by atoms with Crippen LogP contribution in [0.25, 0.3) is 28.4 Å². The third-order valence-corrected chi connectivity index (χ3v) is 8.97. The number of fused-ring (bicyclic) bond motifs is 5. The summed E-state index contributed by atoms with van der Waals surface area (Å²) in [6.07, 6.45) is 4.02. The Morgan fingerprint density at radius 1 is 1.11 bits per heavy atom. The molecule has 2 aromatic heterocycles. The smallest absolute Gasteiger partial charge is 0.311 e. The number of aryl methyl sites for hydroxylation is 1. The van der Waals surface area contributed by atoms with Gasteiger partial charge in [-0.15, -0.1) is 0 Å². The van der Waals surface area contributed by atoms with Crippen LogP contribution in [0.3, 0.4) is 0 Å². The van der Waals surface area contributed by atoms with Gasteiger partial charge in [-0.05, 0) is 74.8 Å². The zero-order valence-electron chi connectivity index (χ0n) is 26.5. The van der Waals surface area contributed by atoms with Gasteiger partial charge >= 0.3 is 5.97 Å². The number of hydrogen-bond acceptors (Lipinski definition) is 9. The van der Waals surface area contributed by atoms with E-state index in [1.54, 1.807) is 41.2 Å². The first-order valence-electron chi connectivity index (χ1n) is 15.6. The zero-order chi connectivity index (χ0) is 33.5. The normalized spacial score (nSPS) is 16.8. The van der Waals surface area contributed by atoms with Crippen molar-refractivity contribution in [2.24, 2.45) is 0 Å². The number of pyridine rings is 2. The van der Waals surface area contributed by atoms with E-state index in [9.17, 15) is 24.3 Å². The summed E-state index contributed by atoms with van der Waals surface area (Å²) in [5, 5.41) is 20.7. The summed E-state index contributed by atoms with van der Waals surface area (Å²) in [6.45, 7) is 2.54. The van der Waals surface area contributed by atoms with E-state index in [2.05, 4.69) is 0 Å². The van der Waals surface area contributed by atoms with Gasteiger partial charge in [0.05, 0.1) is 23.4 Å². The topological polar surface area (TPSA) is 151 Å². The summed E-state index contributed by atoms with van der Waals surface area (Å²) < 4.78 is 7.57. The highest BCUT2D eigenvalue weighted by atomic mass is 16.5. The number of nitrogens with zero attached hydrogens (tertiary/aromatic N) is 3. The molecule has 11 nitrogen and oxygen atoms in total. The van der Waals surface area contributed by atoms with Gasteiger partial charge in [-0.2, -0.15) is 0 Å². The molecule has 1 aliphatic heterocycles. The van der Waals surface area contributed by atoms with Crippen LogP contribution in [0.2, 0.25) is 0 Å². The minimum Gasteiger partial charge on any atom is -0.426 e. The number of carbonyl (C=O) groups is 3. The summed E-state index contributed by atoms with van der Waals surface area (Å²) >= 11 is 0. The Morgan fingerprint density at radius 3 is 2.57 bits per heavy atom. The van der Waals surface area contributed by atoms with Gasteiger partial charge in [0, 0.05) is 53.1 Å². The maximum Gasteiger partial charge on any atom is 0.311 e. The molecular formula is C36H36N4O7. The van der Waals surface area contributed by atoms with Crippen LogP contribution < -0.4 is 15.8 Å². The van der Waals surface area contributed by atoms with Crippen molar-refractivity contribution in [3.63, 3.8) is 0 Å². The molecule has 0 unspecified atom stereocenters. The average Bonchev–Trinajstić information content (AvgIpc) is 3.43. The Hall–Kier alpha value is -4.97. The number of benzene rings is 2. The third-order valence-electron chi connectivity index (χ3n) is 8.97. The number of rotatable bonds is 9. The number of Topliss-reactive ketones (excluding diaryl/α,β-unsaturated/α-hetero) is 1. The molecule has 47 heavy (non-hydrogen) atoms. The van der Waals surface area contributed by atoms with Crippen LogP contribution >= 0.6 is 0 Å². The second-order valence-electron chi connectivity index (χ2n) is 12.3. The first kappa shape index (κ1) is 32.0. The van der Waals surface area contributed by atoms with Gasteiger partial charge in [0.2, 0.25) is 0 Å². The Kier molecular flexibility index (Phi) is 8.63. The van der Waals surface area contributed by atoms with E-state index in [0.717, 1.165) is 27.6 Å². The van der Waals surface area contributed by atoms with Crippen LogP contribution in [0.5, 0.6) is 5.75 Å². The molecule has 242 valence electrons. The van der Waals surface area contributed by atoms with Crippen molar-refractivity contribution in [3.8, 4) is 17.1 Å². The number of aliphatic hydroxyl groups is 1. The standard InChI is InChI=1S/C36H36N4O7/c1-4-36(45)27-18-29-34-23(19-40(29)35(44)24(27)11-14-31(36)41)17-25-26(20-39(2)3)30(13-12-28(25)37-34)47-33(43)16-10-22-7-5-21(6-8-22)9-15-32(42)38-46/h5-9,12-13,15,17-18,45-46H,4,10-11,14,16,19-20H2,1-3H3,(H,38,42)/b15-9+/t36-/m0/s1. The largest absolute Gasteiger partial charge is 0.426 e. The number of nitrogens with one attached hydrogen (secondary N) is 1. The molecule has 3 heterocycles. The van der Waals surface area contributed by atoms with E-state index < -0.39 is 11.5 Å². The van der Waals surface area contributed by atoms with Crippen LogP contribution in [0, 0.1) is 0 Å². The van der Waals surface area contributed by atoms with Gasteiger partial charge in [0.25, 0.3) is 11.5 Å². The number of ether oxygens (including phenoxy) is 1. The SMILES string of the molecule is CC[C@@]1(O)C(=O)CCc2c1cc1n(c2=O)Cc2cc3c(CN(C)C)c(OC(=O)CCc4ccc(/C=C/C(=O)NO)cc4)ccc3nc2-1. The monoisotopic (exact) mass is 636 g/mol. The van der Waals surface area contributed by atoms with Gasteiger partial charge in [-0.3, -0.25) is 24.4 Å². The second kappa shape index (κ2) is 12.7. The quantitative estimate of drug-likeness (QED) is 0.0724. The molecule has 0 saturated carbocycles. The molecule has 4 aromatic rings.